The van der Waals surface area contributed by atoms with Gasteiger partial charge in [-0.05, 0) is 28.3 Å². The molecule has 5 nitrogen and oxygen atoms in total. The van der Waals surface area contributed by atoms with Crippen LogP contribution in [0.3, 0.4) is 0 Å². The lowest BCUT2D eigenvalue weighted by molar-refractivity contribution is 0.0385. The van der Waals surface area contributed by atoms with Crippen molar-refractivity contribution >= 4 is 24.8 Å². The smallest absolute Gasteiger partial charge is 0.404 e. The molecule has 2 N–H and O–H groups in total. The van der Waals surface area contributed by atoms with Crippen LogP contribution in [-0.2, 0) is 9.16 Å². The van der Waals surface area contributed by atoms with Crippen molar-refractivity contribution < 1.29 is 14.0 Å². The number of benzene rings is 2. The molecule has 29 heavy (non-hydrogen) atoms. The van der Waals surface area contributed by atoms with Gasteiger partial charge >= 0.3 is 6.09 Å². The monoisotopic (exact) mass is 408 g/mol. The third-order valence-electron chi connectivity index (χ3n) is 5.75. The molecule has 2 aromatic carbocycles. The lowest BCUT2D eigenvalue weighted by Crippen LogP contribution is -2.67. The van der Waals surface area contributed by atoms with Crippen molar-refractivity contribution in [2.75, 3.05) is 6.61 Å². The van der Waals surface area contributed by atoms with Crippen LogP contribution in [0.15, 0.2) is 60.7 Å². The van der Waals surface area contributed by atoms with Crippen molar-refractivity contribution in [1.29, 1.82) is 5.26 Å². The van der Waals surface area contributed by atoms with Crippen LogP contribution in [0.1, 0.15) is 33.6 Å². The Hall–Kier alpha value is -2.62. The first-order valence-electron chi connectivity index (χ1n) is 9.87. The maximum Gasteiger partial charge on any atom is 0.404 e. The average molecular weight is 409 g/mol. The van der Waals surface area contributed by atoms with Gasteiger partial charge in [0.25, 0.3) is 8.32 Å². The number of hydrogen-bond donors (Lipinski definition) is 1. The van der Waals surface area contributed by atoms with Crippen molar-refractivity contribution in [3.05, 3.63) is 60.7 Å². The standard InChI is InChI=1S/C23H28N2O3Si/c1-22(2,3)29(18-10-6-4-7-11-18,19-12-8-5-9-13-19)27-16-20(28-21(25)26)23(17-24)14-15-23/h4-13,20H,14-16H2,1-3H3,(H2,25,26). The SMILES string of the molecule is CC(C)(C)[Si](OCC(OC(N)=O)C1(C#N)CC1)(c1ccccc1)c1ccccc1. The molecule has 2 aromatic rings. The summed E-state index contributed by atoms with van der Waals surface area (Å²) in [5.74, 6) is 0. The first-order chi connectivity index (χ1) is 13.7. The second-order valence-corrected chi connectivity index (χ2v) is 13.0. The Labute approximate surface area is 173 Å². The van der Waals surface area contributed by atoms with Gasteiger partial charge in [0.1, 0.15) is 6.10 Å². The van der Waals surface area contributed by atoms with Gasteiger partial charge in [-0.3, -0.25) is 0 Å². The summed E-state index contributed by atoms with van der Waals surface area (Å²) in [6.07, 6.45) is -0.175. The second-order valence-electron chi connectivity index (χ2n) is 8.67. The van der Waals surface area contributed by atoms with E-state index in [1.807, 2.05) is 36.4 Å². The van der Waals surface area contributed by atoms with E-state index in [1.165, 1.54) is 0 Å². The Morgan fingerprint density at radius 3 is 1.93 bits per heavy atom. The summed E-state index contributed by atoms with van der Waals surface area (Å²) < 4.78 is 12.2. The minimum absolute atomic E-state index is 0.143. The average Bonchev–Trinajstić information content (AvgIpc) is 3.49. The van der Waals surface area contributed by atoms with E-state index >= 15 is 0 Å². The molecular formula is C23H28N2O3Si. The summed E-state index contributed by atoms with van der Waals surface area (Å²) in [7, 11) is -2.77. The predicted octanol–water partition coefficient (Wildman–Crippen LogP) is 3.33. The molecule has 1 atom stereocenters. The minimum atomic E-state index is -2.77. The summed E-state index contributed by atoms with van der Waals surface area (Å²) in [6.45, 7) is 6.69. The molecule has 0 aromatic heterocycles. The summed E-state index contributed by atoms with van der Waals surface area (Å²) in [5, 5.41) is 11.7. The maximum absolute atomic E-state index is 11.5. The molecule has 1 saturated carbocycles. The number of ether oxygens (including phenoxy) is 1. The topological polar surface area (TPSA) is 85.3 Å². The van der Waals surface area contributed by atoms with Gasteiger partial charge < -0.3 is 14.9 Å². The highest BCUT2D eigenvalue weighted by atomic mass is 28.4. The number of amides is 1. The maximum atomic E-state index is 11.5. The lowest BCUT2D eigenvalue weighted by Gasteiger charge is -2.43. The molecule has 1 aliphatic carbocycles. The number of hydrogen-bond acceptors (Lipinski definition) is 4. The van der Waals surface area contributed by atoms with Gasteiger partial charge in [-0.1, -0.05) is 81.4 Å². The minimum Gasteiger partial charge on any atom is -0.442 e. The van der Waals surface area contributed by atoms with Crippen LogP contribution < -0.4 is 16.1 Å². The van der Waals surface area contributed by atoms with Crippen LogP contribution in [0.2, 0.25) is 5.04 Å². The Bertz CT molecular complexity index is 844. The highest BCUT2D eigenvalue weighted by molar-refractivity contribution is 6.99. The van der Waals surface area contributed by atoms with E-state index in [-0.39, 0.29) is 11.6 Å². The fraction of sp³-hybridized carbons (Fsp3) is 0.391. The van der Waals surface area contributed by atoms with Gasteiger partial charge in [0.2, 0.25) is 0 Å². The van der Waals surface area contributed by atoms with E-state index in [1.54, 1.807) is 0 Å². The molecule has 0 saturated heterocycles. The van der Waals surface area contributed by atoms with Crippen LogP contribution in [0.4, 0.5) is 4.79 Å². The number of rotatable bonds is 7. The number of nitriles is 1. The van der Waals surface area contributed by atoms with E-state index in [0.717, 1.165) is 10.4 Å². The van der Waals surface area contributed by atoms with Crippen LogP contribution in [-0.4, -0.2) is 27.1 Å². The first-order valence-corrected chi connectivity index (χ1v) is 11.8. The molecule has 0 bridgehead atoms. The van der Waals surface area contributed by atoms with Gasteiger partial charge in [0, 0.05) is 0 Å². The Balaban J connectivity index is 2.06. The van der Waals surface area contributed by atoms with Gasteiger partial charge in [-0.2, -0.15) is 5.26 Å². The van der Waals surface area contributed by atoms with Crippen molar-refractivity contribution in [3.63, 3.8) is 0 Å². The van der Waals surface area contributed by atoms with E-state index in [2.05, 4.69) is 51.1 Å². The van der Waals surface area contributed by atoms with Crippen molar-refractivity contribution in [1.82, 2.24) is 0 Å². The van der Waals surface area contributed by atoms with E-state index in [0.29, 0.717) is 12.8 Å². The molecule has 0 heterocycles. The molecule has 3 rings (SSSR count). The second kappa shape index (κ2) is 8.01. The zero-order valence-corrected chi connectivity index (χ0v) is 18.2. The highest BCUT2D eigenvalue weighted by Crippen LogP contribution is 2.50. The fourth-order valence-electron chi connectivity index (χ4n) is 4.05. The third-order valence-corrected chi connectivity index (χ3v) is 10.8. The number of carbonyl (C=O) groups is 1. The normalized spacial score (nSPS) is 16.5. The Morgan fingerprint density at radius 1 is 1.10 bits per heavy atom. The molecule has 0 aliphatic heterocycles. The predicted molar refractivity (Wildman–Crippen MR) is 115 cm³/mol. The molecule has 1 amide bonds. The Morgan fingerprint density at radius 2 is 1.59 bits per heavy atom. The molecule has 1 fully saturated rings. The number of carbonyl (C=O) groups excluding carboxylic acids is 1. The summed E-state index contributed by atoms with van der Waals surface area (Å²) in [5.41, 5.74) is 4.61. The lowest BCUT2D eigenvalue weighted by atomic mass is 10.0. The van der Waals surface area contributed by atoms with Crippen LogP contribution >= 0.6 is 0 Å². The molecule has 1 aliphatic rings. The van der Waals surface area contributed by atoms with E-state index in [4.69, 9.17) is 14.9 Å². The highest BCUT2D eigenvalue weighted by Gasteiger charge is 2.55. The largest absolute Gasteiger partial charge is 0.442 e. The Kier molecular flexibility index (Phi) is 5.83. The van der Waals surface area contributed by atoms with Gasteiger partial charge in [0.05, 0.1) is 18.1 Å². The van der Waals surface area contributed by atoms with E-state index < -0.39 is 25.9 Å². The zero-order chi connectivity index (χ0) is 21.1. The van der Waals surface area contributed by atoms with E-state index in [9.17, 15) is 10.1 Å². The molecule has 6 heteroatoms. The molecular weight excluding hydrogens is 380 g/mol. The molecule has 0 radical (unpaired) electrons. The van der Waals surface area contributed by atoms with Crippen LogP contribution in [0.5, 0.6) is 0 Å². The quantitative estimate of drug-likeness (QED) is 0.712. The van der Waals surface area contributed by atoms with Gasteiger partial charge in [0.15, 0.2) is 0 Å². The van der Waals surface area contributed by atoms with Crippen molar-refractivity contribution in [2.24, 2.45) is 11.1 Å². The molecule has 0 spiro atoms. The first kappa shape index (κ1) is 21.1. The summed E-state index contributed by atoms with van der Waals surface area (Å²) >= 11 is 0. The molecule has 152 valence electrons. The summed E-state index contributed by atoms with van der Waals surface area (Å²) in [6, 6.07) is 22.8. The van der Waals surface area contributed by atoms with Crippen LogP contribution in [0.25, 0.3) is 0 Å². The zero-order valence-electron chi connectivity index (χ0n) is 17.2. The van der Waals surface area contributed by atoms with Gasteiger partial charge in [-0.25, -0.2) is 4.79 Å². The third kappa shape index (κ3) is 4.07. The number of nitrogens with two attached hydrogens (primary N) is 1. The number of primary amides is 1. The van der Waals surface area contributed by atoms with Gasteiger partial charge in [-0.15, -0.1) is 0 Å². The number of nitrogens with zero attached hydrogens (tertiary/aromatic N) is 1. The van der Waals surface area contributed by atoms with Crippen molar-refractivity contribution in [2.45, 2.75) is 44.8 Å². The summed E-state index contributed by atoms with van der Waals surface area (Å²) in [4.78, 5) is 11.5. The van der Waals surface area contributed by atoms with Crippen LogP contribution in [0, 0.1) is 16.7 Å². The fourth-order valence-corrected chi connectivity index (χ4v) is 8.61. The molecule has 1 unspecified atom stereocenters. The van der Waals surface area contributed by atoms with Crippen molar-refractivity contribution in [3.8, 4) is 6.07 Å².